The summed E-state index contributed by atoms with van der Waals surface area (Å²) in [5, 5.41) is 0. The largest absolute Gasteiger partial charge is 0.464 e. The van der Waals surface area contributed by atoms with Gasteiger partial charge in [0.1, 0.15) is 5.69 Å². The molecule has 1 N–H and O–H groups in total. The Bertz CT molecular complexity index is 356. The van der Waals surface area contributed by atoms with E-state index in [2.05, 4.69) is 14.7 Å². The molecule has 5 heteroatoms. The fourth-order valence-electron chi connectivity index (χ4n) is 0.772. The van der Waals surface area contributed by atoms with Crippen molar-refractivity contribution in [2.45, 2.75) is 6.92 Å². The van der Waals surface area contributed by atoms with Gasteiger partial charge in [-0.2, -0.15) is 0 Å². The first-order chi connectivity index (χ1) is 5.65. The number of methoxy groups -OCH3 is 1. The molecule has 64 valence electrons. The van der Waals surface area contributed by atoms with Crippen molar-refractivity contribution in [2.75, 3.05) is 7.11 Å². The van der Waals surface area contributed by atoms with Crippen molar-refractivity contribution in [3.63, 3.8) is 0 Å². The fourth-order valence-corrected chi connectivity index (χ4v) is 0.772. The van der Waals surface area contributed by atoms with Gasteiger partial charge in [0.15, 0.2) is 0 Å². The zero-order chi connectivity index (χ0) is 9.14. The van der Waals surface area contributed by atoms with Crippen LogP contribution < -0.4 is 5.69 Å². The smallest absolute Gasteiger partial charge is 0.354 e. The maximum absolute atomic E-state index is 11.0. The molecule has 12 heavy (non-hydrogen) atoms. The van der Waals surface area contributed by atoms with Crippen LogP contribution in [0.3, 0.4) is 0 Å². The van der Waals surface area contributed by atoms with Crippen molar-refractivity contribution >= 4 is 5.97 Å². The van der Waals surface area contributed by atoms with Gasteiger partial charge in [0.2, 0.25) is 0 Å². The molecule has 0 saturated heterocycles. The summed E-state index contributed by atoms with van der Waals surface area (Å²) in [6.07, 6.45) is 1.32. The van der Waals surface area contributed by atoms with E-state index in [9.17, 15) is 9.59 Å². The molecule has 0 fully saturated rings. The molecule has 1 rings (SSSR count). The molecule has 1 aromatic heterocycles. The summed E-state index contributed by atoms with van der Waals surface area (Å²) in [6, 6.07) is 0. The monoisotopic (exact) mass is 168 g/mol. The number of hydrogen-bond acceptors (Lipinski definition) is 4. The molecule has 0 spiro atoms. The third kappa shape index (κ3) is 1.50. The van der Waals surface area contributed by atoms with Crippen LogP contribution in [-0.2, 0) is 4.74 Å². The number of rotatable bonds is 1. The molecule has 0 aliphatic heterocycles. The van der Waals surface area contributed by atoms with Gasteiger partial charge in [0.25, 0.3) is 0 Å². The zero-order valence-electron chi connectivity index (χ0n) is 6.75. The van der Waals surface area contributed by atoms with Gasteiger partial charge in [-0.15, -0.1) is 0 Å². The van der Waals surface area contributed by atoms with Crippen LogP contribution in [0.15, 0.2) is 11.0 Å². The van der Waals surface area contributed by atoms with E-state index in [1.165, 1.54) is 13.3 Å². The number of esters is 1. The molecular weight excluding hydrogens is 160 g/mol. The topological polar surface area (TPSA) is 72.1 Å². The average molecular weight is 168 g/mol. The van der Waals surface area contributed by atoms with Crippen molar-refractivity contribution in [1.29, 1.82) is 0 Å². The fraction of sp³-hybridized carbons (Fsp3) is 0.286. The Kier molecular flexibility index (Phi) is 2.23. The lowest BCUT2D eigenvalue weighted by molar-refractivity contribution is 0.0592. The number of hydrogen-bond donors (Lipinski definition) is 1. The number of aromatic amines is 1. The second kappa shape index (κ2) is 3.17. The molecular formula is C7H8N2O3. The molecule has 1 aromatic rings. The molecule has 0 atom stereocenters. The summed E-state index contributed by atoms with van der Waals surface area (Å²) in [4.78, 5) is 27.4. The summed E-state index contributed by atoms with van der Waals surface area (Å²) in [6.45, 7) is 1.66. The number of carbonyl (C=O) groups excluding carboxylic acids is 1. The van der Waals surface area contributed by atoms with Gasteiger partial charge in [0.05, 0.1) is 7.11 Å². The van der Waals surface area contributed by atoms with Crippen LogP contribution in [0.5, 0.6) is 0 Å². The standard InChI is InChI=1S/C7H8N2O3/c1-4-3-8-7(11)9-5(4)6(10)12-2/h3H,1-2H3,(H,8,9,11). The summed E-state index contributed by atoms with van der Waals surface area (Å²) in [5.74, 6) is -0.563. The Morgan fingerprint density at radius 1 is 1.67 bits per heavy atom. The van der Waals surface area contributed by atoms with Crippen molar-refractivity contribution < 1.29 is 9.53 Å². The Balaban J connectivity index is 3.22. The first kappa shape index (κ1) is 8.45. The molecule has 0 aliphatic rings. The lowest BCUT2D eigenvalue weighted by atomic mass is 10.2. The molecule has 0 amide bonds. The molecule has 0 aromatic carbocycles. The van der Waals surface area contributed by atoms with Gasteiger partial charge in [0, 0.05) is 6.20 Å². The molecule has 0 bridgehead atoms. The third-order valence-electron chi connectivity index (χ3n) is 1.39. The lowest BCUT2D eigenvalue weighted by Crippen LogP contribution is -2.17. The number of nitrogens with zero attached hydrogens (tertiary/aromatic N) is 1. The summed E-state index contributed by atoms with van der Waals surface area (Å²) in [7, 11) is 1.25. The molecule has 0 radical (unpaired) electrons. The first-order valence-electron chi connectivity index (χ1n) is 3.29. The minimum absolute atomic E-state index is 0.150. The minimum atomic E-state index is -0.563. The number of nitrogens with one attached hydrogen (secondary N) is 1. The van der Waals surface area contributed by atoms with Crippen LogP contribution in [0.1, 0.15) is 16.1 Å². The van der Waals surface area contributed by atoms with E-state index in [0.29, 0.717) is 5.56 Å². The van der Waals surface area contributed by atoms with E-state index in [1.807, 2.05) is 0 Å². The van der Waals surface area contributed by atoms with Gasteiger partial charge in [-0.05, 0) is 12.5 Å². The van der Waals surface area contributed by atoms with Crippen molar-refractivity contribution in [3.8, 4) is 0 Å². The number of aromatic nitrogens is 2. The van der Waals surface area contributed by atoms with Crippen LogP contribution in [0, 0.1) is 6.92 Å². The maximum Gasteiger partial charge on any atom is 0.354 e. The normalized spacial score (nSPS) is 9.50. The molecule has 0 aliphatic carbocycles. The zero-order valence-corrected chi connectivity index (χ0v) is 6.75. The van der Waals surface area contributed by atoms with E-state index < -0.39 is 11.7 Å². The summed E-state index contributed by atoms with van der Waals surface area (Å²) < 4.78 is 4.44. The SMILES string of the molecule is COC(=O)c1[nH]c(=O)ncc1C. The predicted molar refractivity (Wildman–Crippen MR) is 40.9 cm³/mol. The third-order valence-corrected chi connectivity index (χ3v) is 1.39. The van der Waals surface area contributed by atoms with Gasteiger partial charge >= 0.3 is 11.7 Å². The van der Waals surface area contributed by atoms with Crippen LogP contribution in [0.2, 0.25) is 0 Å². The van der Waals surface area contributed by atoms with Gasteiger partial charge in [-0.3, -0.25) is 4.98 Å². The first-order valence-corrected chi connectivity index (χ1v) is 3.29. The van der Waals surface area contributed by atoms with E-state index in [1.54, 1.807) is 6.92 Å². The highest BCUT2D eigenvalue weighted by Gasteiger charge is 2.09. The summed E-state index contributed by atoms with van der Waals surface area (Å²) >= 11 is 0. The van der Waals surface area contributed by atoms with Crippen molar-refractivity contribution in [1.82, 2.24) is 9.97 Å². The Labute approximate surface area is 68.4 Å². The molecule has 1 heterocycles. The van der Waals surface area contributed by atoms with E-state index in [4.69, 9.17) is 0 Å². The molecule has 0 unspecified atom stereocenters. The van der Waals surface area contributed by atoms with E-state index in [-0.39, 0.29) is 5.69 Å². The minimum Gasteiger partial charge on any atom is -0.464 e. The predicted octanol–water partition coefficient (Wildman–Crippen LogP) is -0.135. The second-order valence-corrected chi connectivity index (χ2v) is 2.24. The van der Waals surface area contributed by atoms with Gasteiger partial charge < -0.3 is 4.74 Å². The average Bonchev–Trinajstić information content (AvgIpc) is 2.08. The van der Waals surface area contributed by atoms with Crippen molar-refractivity contribution in [3.05, 3.63) is 27.9 Å². The highest BCUT2D eigenvalue weighted by atomic mass is 16.5. The molecule has 0 saturated carbocycles. The maximum atomic E-state index is 11.0. The van der Waals surface area contributed by atoms with Crippen molar-refractivity contribution in [2.24, 2.45) is 0 Å². The van der Waals surface area contributed by atoms with E-state index >= 15 is 0 Å². The highest BCUT2D eigenvalue weighted by Crippen LogP contribution is 2.00. The Hall–Kier alpha value is -1.65. The summed E-state index contributed by atoms with van der Waals surface area (Å²) in [5.41, 5.74) is 0.181. The van der Waals surface area contributed by atoms with Crippen LogP contribution in [-0.4, -0.2) is 23.0 Å². The van der Waals surface area contributed by atoms with Gasteiger partial charge in [-0.1, -0.05) is 0 Å². The Morgan fingerprint density at radius 2 is 2.33 bits per heavy atom. The van der Waals surface area contributed by atoms with E-state index in [0.717, 1.165) is 0 Å². The quantitative estimate of drug-likeness (QED) is 0.592. The van der Waals surface area contributed by atoms with Crippen LogP contribution in [0.25, 0.3) is 0 Å². The Morgan fingerprint density at radius 3 is 2.92 bits per heavy atom. The second-order valence-electron chi connectivity index (χ2n) is 2.24. The number of ether oxygens (including phenoxy) is 1. The van der Waals surface area contributed by atoms with Gasteiger partial charge in [-0.25, -0.2) is 14.6 Å². The number of H-pyrrole nitrogens is 1. The molecule has 5 nitrogen and oxygen atoms in total. The highest BCUT2D eigenvalue weighted by molar-refractivity contribution is 5.88. The van der Waals surface area contributed by atoms with Crippen LogP contribution in [0.4, 0.5) is 0 Å². The number of aryl methyl sites for hydroxylation is 1. The van der Waals surface area contributed by atoms with Crippen LogP contribution >= 0.6 is 0 Å². The lowest BCUT2D eigenvalue weighted by Gasteiger charge is -2.00. The number of carbonyl (C=O) groups is 1.